The number of carbonyl (C=O) groups is 1. The summed E-state index contributed by atoms with van der Waals surface area (Å²) in [5.41, 5.74) is 3.68. The van der Waals surface area contributed by atoms with E-state index in [9.17, 15) is 4.79 Å². The number of amides is 1. The summed E-state index contributed by atoms with van der Waals surface area (Å²) in [4.78, 5) is 17.8. The number of aryl methyl sites for hydroxylation is 1. The first-order chi connectivity index (χ1) is 14.7. The number of carbonyl (C=O) groups excluding carboxylic acids is 1. The molecule has 156 valence electrons. The van der Waals surface area contributed by atoms with Crippen molar-refractivity contribution in [1.29, 1.82) is 0 Å². The molecule has 2 aromatic carbocycles. The topological polar surface area (TPSA) is 49.6 Å². The second kappa shape index (κ2) is 8.23. The maximum Gasteiger partial charge on any atom is 0.253 e. The Kier molecular flexibility index (Phi) is 5.30. The van der Waals surface area contributed by atoms with Crippen LogP contribution in [0.15, 0.2) is 47.0 Å². The van der Waals surface area contributed by atoms with Crippen LogP contribution in [0.4, 0.5) is 0 Å². The first-order valence-corrected chi connectivity index (χ1v) is 11.2. The maximum atomic E-state index is 13.2. The molecule has 2 heterocycles. The van der Waals surface area contributed by atoms with Crippen molar-refractivity contribution in [2.24, 2.45) is 0 Å². The summed E-state index contributed by atoms with van der Waals surface area (Å²) in [5, 5.41) is 5.08. The zero-order valence-electron chi connectivity index (χ0n) is 17.6. The van der Waals surface area contributed by atoms with Crippen molar-refractivity contribution in [3.8, 4) is 11.3 Å². The third kappa shape index (κ3) is 3.74. The van der Waals surface area contributed by atoms with Gasteiger partial charge in [-0.2, -0.15) is 0 Å². The number of piperazine rings is 1. The number of fused-ring (bicyclic) bond motifs is 1. The van der Waals surface area contributed by atoms with E-state index in [0.29, 0.717) is 5.56 Å². The third-order valence-electron chi connectivity index (χ3n) is 6.73. The van der Waals surface area contributed by atoms with E-state index in [0.717, 1.165) is 54.4 Å². The second-order valence-electron chi connectivity index (χ2n) is 8.73. The molecule has 1 saturated heterocycles. The summed E-state index contributed by atoms with van der Waals surface area (Å²) in [6, 6.07) is 14.6. The molecule has 0 unspecified atom stereocenters. The second-order valence-corrected chi connectivity index (χ2v) is 8.73. The quantitative estimate of drug-likeness (QED) is 0.624. The maximum absolute atomic E-state index is 13.2. The lowest BCUT2D eigenvalue weighted by Gasteiger charge is -2.40. The van der Waals surface area contributed by atoms with Crippen LogP contribution in [0.1, 0.15) is 48.0 Å². The fourth-order valence-corrected chi connectivity index (χ4v) is 4.91. The third-order valence-corrected chi connectivity index (χ3v) is 6.73. The lowest BCUT2D eigenvalue weighted by molar-refractivity contribution is 0.0523. The molecule has 1 saturated carbocycles. The van der Waals surface area contributed by atoms with Gasteiger partial charge in [-0.3, -0.25) is 9.69 Å². The van der Waals surface area contributed by atoms with Crippen LogP contribution in [0.2, 0.25) is 0 Å². The SMILES string of the molecule is Cc1ccc(-c2onc3ccc(C(=O)N4CCN(C5CCCCC5)CC4)cc23)cc1. The fraction of sp³-hybridized carbons (Fsp3) is 0.440. The monoisotopic (exact) mass is 403 g/mol. The van der Waals surface area contributed by atoms with Crippen molar-refractivity contribution >= 4 is 16.8 Å². The van der Waals surface area contributed by atoms with Crippen molar-refractivity contribution in [1.82, 2.24) is 15.0 Å². The Bertz CT molecular complexity index is 1030. The van der Waals surface area contributed by atoms with Crippen LogP contribution in [-0.4, -0.2) is 53.1 Å². The molecule has 1 aliphatic carbocycles. The molecule has 2 aliphatic rings. The van der Waals surface area contributed by atoms with E-state index in [-0.39, 0.29) is 5.91 Å². The number of nitrogens with zero attached hydrogens (tertiary/aromatic N) is 3. The van der Waals surface area contributed by atoms with Gasteiger partial charge in [-0.1, -0.05) is 54.2 Å². The van der Waals surface area contributed by atoms with Crippen molar-refractivity contribution in [2.75, 3.05) is 26.2 Å². The standard InChI is InChI=1S/C25H29N3O2/c1-18-7-9-19(10-8-18)24-22-17-20(11-12-23(22)26-30-24)25(29)28-15-13-27(14-16-28)21-5-3-2-4-6-21/h7-12,17,21H,2-6,13-16H2,1H3. The van der Waals surface area contributed by atoms with E-state index in [4.69, 9.17) is 4.52 Å². The van der Waals surface area contributed by atoms with Gasteiger partial charge < -0.3 is 9.42 Å². The summed E-state index contributed by atoms with van der Waals surface area (Å²) in [6.45, 7) is 5.65. The molecule has 0 radical (unpaired) electrons. The molecule has 0 atom stereocenters. The van der Waals surface area contributed by atoms with Crippen LogP contribution in [0.25, 0.3) is 22.2 Å². The van der Waals surface area contributed by atoms with Gasteiger partial charge in [0.25, 0.3) is 5.91 Å². The zero-order valence-corrected chi connectivity index (χ0v) is 17.6. The fourth-order valence-electron chi connectivity index (χ4n) is 4.91. The molecule has 1 aliphatic heterocycles. The molecule has 5 rings (SSSR count). The van der Waals surface area contributed by atoms with E-state index in [1.807, 2.05) is 35.2 Å². The van der Waals surface area contributed by atoms with Crippen molar-refractivity contribution in [3.05, 3.63) is 53.6 Å². The zero-order chi connectivity index (χ0) is 20.5. The number of aromatic nitrogens is 1. The highest BCUT2D eigenvalue weighted by Gasteiger charge is 2.27. The number of hydrogen-bond donors (Lipinski definition) is 0. The van der Waals surface area contributed by atoms with Crippen LogP contribution < -0.4 is 0 Å². The molecule has 3 aromatic rings. The van der Waals surface area contributed by atoms with Gasteiger partial charge in [-0.25, -0.2) is 0 Å². The number of hydrogen-bond acceptors (Lipinski definition) is 4. The van der Waals surface area contributed by atoms with E-state index in [1.165, 1.54) is 37.7 Å². The van der Waals surface area contributed by atoms with Crippen molar-refractivity contribution < 1.29 is 9.32 Å². The Labute approximate surface area is 177 Å². The van der Waals surface area contributed by atoms with Gasteiger partial charge in [0, 0.05) is 43.3 Å². The summed E-state index contributed by atoms with van der Waals surface area (Å²) < 4.78 is 5.62. The van der Waals surface area contributed by atoms with E-state index in [1.54, 1.807) is 0 Å². The molecule has 1 aromatic heterocycles. The lowest BCUT2D eigenvalue weighted by Crippen LogP contribution is -2.52. The largest absolute Gasteiger partial charge is 0.355 e. The van der Waals surface area contributed by atoms with Gasteiger partial charge in [-0.15, -0.1) is 0 Å². The first kappa shape index (κ1) is 19.3. The Hall–Kier alpha value is -2.66. The normalized spacial score (nSPS) is 18.8. The average Bonchev–Trinajstić information content (AvgIpc) is 3.23. The summed E-state index contributed by atoms with van der Waals surface area (Å²) in [5.74, 6) is 0.831. The van der Waals surface area contributed by atoms with Crippen LogP contribution >= 0.6 is 0 Å². The van der Waals surface area contributed by atoms with Crippen LogP contribution in [0.5, 0.6) is 0 Å². The molecule has 30 heavy (non-hydrogen) atoms. The summed E-state index contributed by atoms with van der Waals surface area (Å²) >= 11 is 0. The van der Waals surface area contributed by atoms with Gasteiger partial charge >= 0.3 is 0 Å². The molecular formula is C25H29N3O2. The van der Waals surface area contributed by atoms with E-state index < -0.39 is 0 Å². The molecule has 1 amide bonds. The highest BCUT2D eigenvalue weighted by Crippen LogP contribution is 2.30. The minimum absolute atomic E-state index is 0.108. The summed E-state index contributed by atoms with van der Waals surface area (Å²) in [7, 11) is 0. The Morgan fingerprint density at radius 1 is 0.967 bits per heavy atom. The molecule has 5 heteroatoms. The highest BCUT2D eigenvalue weighted by atomic mass is 16.5. The van der Waals surface area contributed by atoms with Crippen LogP contribution in [-0.2, 0) is 0 Å². The van der Waals surface area contributed by atoms with Gasteiger partial charge in [0.2, 0.25) is 0 Å². The minimum atomic E-state index is 0.108. The number of benzene rings is 2. The molecule has 0 N–H and O–H groups in total. The Morgan fingerprint density at radius 2 is 1.70 bits per heavy atom. The van der Waals surface area contributed by atoms with Crippen molar-refractivity contribution in [2.45, 2.75) is 45.1 Å². The van der Waals surface area contributed by atoms with Gasteiger partial charge in [0.05, 0.1) is 5.39 Å². The van der Waals surface area contributed by atoms with Crippen LogP contribution in [0, 0.1) is 6.92 Å². The van der Waals surface area contributed by atoms with Gasteiger partial charge in [0.1, 0.15) is 5.52 Å². The van der Waals surface area contributed by atoms with E-state index in [2.05, 4.69) is 29.1 Å². The molecule has 5 nitrogen and oxygen atoms in total. The lowest BCUT2D eigenvalue weighted by atomic mass is 9.94. The van der Waals surface area contributed by atoms with Gasteiger partial charge in [0.15, 0.2) is 5.76 Å². The molecule has 0 bridgehead atoms. The van der Waals surface area contributed by atoms with Crippen LogP contribution in [0.3, 0.4) is 0 Å². The smallest absolute Gasteiger partial charge is 0.253 e. The Morgan fingerprint density at radius 3 is 2.43 bits per heavy atom. The average molecular weight is 404 g/mol. The Balaban J connectivity index is 1.33. The summed E-state index contributed by atoms with van der Waals surface area (Å²) in [6.07, 6.45) is 6.72. The van der Waals surface area contributed by atoms with Gasteiger partial charge in [-0.05, 0) is 38.0 Å². The minimum Gasteiger partial charge on any atom is -0.355 e. The molecule has 2 fully saturated rings. The number of rotatable bonds is 3. The highest BCUT2D eigenvalue weighted by molar-refractivity contribution is 6.01. The molecular weight excluding hydrogens is 374 g/mol. The molecule has 0 spiro atoms. The first-order valence-electron chi connectivity index (χ1n) is 11.2. The predicted molar refractivity (Wildman–Crippen MR) is 119 cm³/mol. The van der Waals surface area contributed by atoms with E-state index >= 15 is 0 Å². The predicted octanol–water partition coefficient (Wildman–Crippen LogP) is 4.89. The van der Waals surface area contributed by atoms with Crippen molar-refractivity contribution in [3.63, 3.8) is 0 Å².